The Morgan fingerprint density at radius 2 is 1.90 bits per heavy atom. The van der Waals surface area contributed by atoms with Crippen molar-refractivity contribution in [3.05, 3.63) is 46.8 Å². The fourth-order valence-electron chi connectivity index (χ4n) is 3.34. The number of nitrogens with zero attached hydrogens (tertiary/aromatic N) is 2. The SMILES string of the molecule is COCC(=O)N1CCC(Oc2ccc(C(=O)NCc3c(C)noc3C)cc2)CC1. The lowest BCUT2D eigenvalue weighted by molar-refractivity contribution is -0.136. The standard InChI is InChI=1S/C21H27N3O5/c1-14-19(15(2)29-23-14)12-22-21(26)16-4-6-17(7-5-16)28-18-8-10-24(11-9-18)20(25)13-27-3/h4-7,18H,8-13H2,1-3H3,(H,22,26). The number of amides is 2. The normalized spacial score (nSPS) is 14.7. The highest BCUT2D eigenvalue weighted by molar-refractivity contribution is 5.94. The summed E-state index contributed by atoms with van der Waals surface area (Å²) >= 11 is 0. The molecule has 0 radical (unpaired) electrons. The third-order valence-electron chi connectivity index (χ3n) is 5.09. The Kier molecular flexibility index (Phi) is 6.87. The summed E-state index contributed by atoms with van der Waals surface area (Å²) in [7, 11) is 1.52. The van der Waals surface area contributed by atoms with Crippen LogP contribution in [-0.4, -0.2) is 54.8 Å². The second-order valence-corrected chi connectivity index (χ2v) is 7.14. The van der Waals surface area contributed by atoms with Gasteiger partial charge in [-0.1, -0.05) is 5.16 Å². The first-order valence-corrected chi connectivity index (χ1v) is 9.71. The first-order chi connectivity index (χ1) is 14.0. The summed E-state index contributed by atoms with van der Waals surface area (Å²) in [5.74, 6) is 1.27. The van der Waals surface area contributed by atoms with E-state index < -0.39 is 0 Å². The molecule has 2 heterocycles. The molecule has 8 nitrogen and oxygen atoms in total. The van der Waals surface area contributed by atoms with Gasteiger partial charge in [0.05, 0.1) is 5.69 Å². The molecule has 1 saturated heterocycles. The molecule has 3 rings (SSSR count). The number of ether oxygens (including phenoxy) is 2. The van der Waals surface area contributed by atoms with E-state index in [-0.39, 0.29) is 24.5 Å². The Morgan fingerprint density at radius 1 is 1.21 bits per heavy atom. The third-order valence-corrected chi connectivity index (χ3v) is 5.09. The zero-order valence-electron chi connectivity index (χ0n) is 17.1. The average Bonchev–Trinajstić information content (AvgIpc) is 3.05. The fourth-order valence-corrected chi connectivity index (χ4v) is 3.34. The van der Waals surface area contributed by atoms with Gasteiger partial charge < -0.3 is 24.2 Å². The lowest BCUT2D eigenvalue weighted by Crippen LogP contribution is -2.43. The number of aromatic nitrogens is 1. The van der Waals surface area contributed by atoms with Gasteiger partial charge in [0.15, 0.2) is 0 Å². The molecule has 0 aliphatic carbocycles. The molecule has 2 aromatic rings. The zero-order valence-corrected chi connectivity index (χ0v) is 17.1. The number of nitrogens with one attached hydrogen (secondary N) is 1. The van der Waals surface area contributed by atoms with Crippen LogP contribution in [0.3, 0.4) is 0 Å². The van der Waals surface area contributed by atoms with E-state index in [0.717, 1.165) is 24.1 Å². The fraction of sp³-hybridized carbons (Fsp3) is 0.476. The maximum Gasteiger partial charge on any atom is 0.251 e. The van der Waals surface area contributed by atoms with E-state index in [4.69, 9.17) is 14.0 Å². The Morgan fingerprint density at radius 3 is 2.48 bits per heavy atom. The summed E-state index contributed by atoms with van der Waals surface area (Å²) in [4.78, 5) is 26.0. The molecule has 1 aliphatic rings. The van der Waals surface area contributed by atoms with Crippen molar-refractivity contribution in [2.24, 2.45) is 0 Å². The molecule has 156 valence electrons. The van der Waals surface area contributed by atoms with Crippen LogP contribution in [0.1, 0.15) is 40.2 Å². The van der Waals surface area contributed by atoms with Gasteiger partial charge in [-0.15, -0.1) is 0 Å². The number of aryl methyl sites for hydroxylation is 2. The summed E-state index contributed by atoms with van der Waals surface area (Å²) in [5, 5.41) is 6.77. The zero-order chi connectivity index (χ0) is 20.8. The molecule has 0 saturated carbocycles. The van der Waals surface area contributed by atoms with E-state index in [1.807, 2.05) is 13.8 Å². The molecule has 1 N–H and O–H groups in total. The van der Waals surface area contributed by atoms with E-state index >= 15 is 0 Å². The third kappa shape index (κ3) is 5.35. The maximum absolute atomic E-state index is 12.4. The van der Waals surface area contributed by atoms with Crippen LogP contribution in [0.4, 0.5) is 0 Å². The Labute approximate surface area is 170 Å². The molecule has 0 atom stereocenters. The summed E-state index contributed by atoms with van der Waals surface area (Å²) in [5.41, 5.74) is 2.24. The summed E-state index contributed by atoms with van der Waals surface area (Å²) < 4.78 is 16.0. The molecule has 1 aliphatic heterocycles. The topological polar surface area (TPSA) is 93.9 Å². The number of hydrogen-bond acceptors (Lipinski definition) is 6. The predicted octanol–water partition coefficient (Wildman–Crippen LogP) is 2.24. The van der Waals surface area contributed by atoms with Crippen molar-refractivity contribution in [2.75, 3.05) is 26.8 Å². The van der Waals surface area contributed by atoms with Crippen molar-refractivity contribution in [3.63, 3.8) is 0 Å². The minimum atomic E-state index is -0.165. The molecule has 0 bridgehead atoms. The van der Waals surface area contributed by atoms with E-state index in [9.17, 15) is 9.59 Å². The molecule has 8 heteroatoms. The molecular weight excluding hydrogens is 374 g/mol. The lowest BCUT2D eigenvalue weighted by Gasteiger charge is -2.32. The van der Waals surface area contributed by atoms with Gasteiger partial charge in [0, 0.05) is 50.7 Å². The number of carbonyl (C=O) groups is 2. The highest BCUT2D eigenvalue weighted by Crippen LogP contribution is 2.20. The molecule has 0 unspecified atom stereocenters. The lowest BCUT2D eigenvalue weighted by atomic mass is 10.1. The van der Waals surface area contributed by atoms with Gasteiger partial charge in [-0.25, -0.2) is 0 Å². The predicted molar refractivity (Wildman–Crippen MR) is 106 cm³/mol. The number of likely N-dealkylation sites (tertiary alicyclic amines) is 1. The average molecular weight is 401 g/mol. The Bertz CT molecular complexity index is 819. The van der Waals surface area contributed by atoms with Crippen LogP contribution >= 0.6 is 0 Å². The second kappa shape index (κ2) is 9.56. The minimum absolute atomic E-state index is 0.0119. The van der Waals surface area contributed by atoms with Gasteiger partial charge in [0.1, 0.15) is 24.2 Å². The number of rotatable bonds is 7. The Balaban J connectivity index is 1.48. The van der Waals surface area contributed by atoms with Crippen LogP contribution in [0, 0.1) is 13.8 Å². The minimum Gasteiger partial charge on any atom is -0.490 e. The molecule has 0 spiro atoms. The molecular formula is C21H27N3O5. The quantitative estimate of drug-likeness (QED) is 0.765. The maximum atomic E-state index is 12.4. The van der Waals surface area contributed by atoms with Crippen LogP contribution < -0.4 is 10.1 Å². The number of hydrogen-bond donors (Lipinski definition) is 1. The van der Waals surface area contributed by atoms with Gasteiger partial charge >= 0.3 is 0 Å². The number of benzene rings is 1. The summed E-state index contributed by atoms with van der Waals surface area (Å²) in [6.07, 6.45) is 1.60. The van der Waals surface area contributed by atoms with Crippen molar-refractivity contribution in [1.29, 1.82) is 0 Å². The van der Waals surface area contributed by atoms with E-state index in [0.29, 0.717) is 36.7 Å². The second-order valence-electron chi connectivity index (χ2n) is 7.14. The number of carbonyl (C=O) groups excluding carboxylic acids is 2. The van der Waals surface area contributed by atoms with Crippen LogP contribution in [0.15, 0.2) is 28.8 Å². The van der Waals surface area contributed by atoms with Crippen LogP contribution in [-0.2, 0) is 16.1 Å². The summed E-state index contributed by atoms with van der Waals surface area (Å²) in [6.45, 7) is 5.49. The van der Waals surface area contributed by atoms with E-state index in [1.54, 1.807) is 29.2 Å². The van der Waals surface area contributed by atoms with Crippen LogP contribution in [0.5, 0.6) is 5.75 Å². The van der Waals surface area contributed by atoms with Gasteiger partial charge in [0.25, 0.3) is 5.91 Å². The van der Waals surface area contributed by atoms with Crippen molar-refractivity contribution >= 4 is 11.8 Å². The van der Waals surface area contributed by atoms with Crippen LogP contribution in [0.25, 0.3) is 0 Å². The van der Waals surface area contributed by atoms with Gasteiger partial charge in [-0.05, 0) is 38.1 Å². The molecule has 29 heavy (non-hydrogen) atoms. The van der Waals surface area contributed by atoms with Gasteiger partial charge in [-0.2, -0.15) is 0 Å². The van der Waals surface area contributed by atoms with Crippen molar-refractivity contribution in [1.82, 2.24) is 15.4 Å². The first kappa shape index (κ1) is 20.9. The molecule has 2 amide bonds. The van der Waals surface area contributed by atoms with Crippen molar-refractivity contribution < 1.29 is 23.6 Å². The first-order valence-electron chi connectivity index (χ1n) is 9.71. The van der Waals surface area contributed by atoms with Crippen molar-refractivity contribution in [3.8, 4) is 5.75 Å². The molecule has 1 aromatic heterocycles. The smallest absolute Gasteiger partial charge is 0.251 e. The molecule has 1 fully saturated rings. The van der Waals surface area contributed by atoms with E-state index in [1.165, 1.54) is 7.11 Å². The molecule has 1 aromatic carbocycles. The highest BCUT2D eigenvalue weighted by Gasteiger charge is 2.23. The van der Waals surface area contributed by atoms with Crippen LogP contribution in [0.2, 0.25) is 0 Å². The van der Waals surface area contributed by atoms with Gasteiger partial charge in [-0.3, -0.25) is 9.59 Å². The summed E-state index contributed by atoms with van der Waals surface area (Å²) in [6, 6.07) is 7.09. The largest absolute Gasteiger partial charge is 0.490 e. The highest BCUT2D eigenvalue weighted by atomic mass is 16.5. The number of piperidine rings is 1. The Hall–Kier alpha value is -2.87. The number of methoxy groups -OCH3 is 1. The monoisotopic (exact) mass is 401 g/mol. The van der Waals surface area contributed by atoms with Crippen molar-refractivity contribution in [2.45, 2.75) is 39.3 Å². The van der Waals surface area contributed by atoms with Gasteiger partial charge in [0.2, 0.25) is 5.91 Å². The van der Waals surface area contributed by atoms with E-state index in [2.05, 4.69) is 10.5 Å².